The van der Waals surface area contributed by atoms with Crippen LogP contribution in [-0.2, 0) is 0 Å². The van der Waals surface area contributed by atoms with E-state index >= 15 is 0 Å². The van der Waals surface area contributed by atoms with Gasteiger partial charge in [-0.2, -0.15) is 0 Å². The summed E-state index contributed by atoms with van der Waals surface area (Å²) in [4.78, 5) is 0. The normalized spacial score (nSPS) is 11.0. The summed E-state index contributed by atoms with van der Waals surface area (Å²) in [5.74, 6) is 0. The molecule has 0 saturated heterocycles. The molecule has 1 radical (unpaired) electrons. The lowest BCUT2D eigenvalue weighted by Gasteiger charge is -1.64. The van der Waals surface area contributed by atoms with E-state index in [-0.39, 0.29) is 0 Å². The van der Waals surface area contributed by atoms with Gasteiger partial charge in [-0.15, -0.1) is 0 Å². The Balaban J connectivity index is 3.27. The standard InChI is InChI=1S/C7H9/c1-3-5-7-6-4-2/h3-5,7H,1H2,2H3. The molecule has 0 aromatic heterocycles. The highest BCUT2D eigenvalue weighted by Crippen LogP contribution is 1.72. The third-order valence-electron chi connectivity index (χ3n) is 0.495. The molecule has 0 unspecified atom stereocenters. The second-order valence-corrected chi connectivity index (χ2v) is 1.05. The molecule has 0 atom stereocenters. The molecule has 0 heterocycles. The van der Waals surface area contributed by atoms with Crippen LogP contribution in [0.4, 0.5) is 0 Å². The van der Waals surface area contributed by atoms with Crippen LogP contribution in [0.1, 0.15) is 6.92 Å². The van der Waals surface area contributed by atoms with Crippen LogP contribution >= 0.6 is 0 Å². The SMILES string of the molecule is C=CC=C/[C]=C/C. The Morgan fingerprint density at radius 2 is 2.29 bits per heavy atom. The second kappa shape index (κ2) is 5.22. The predicted molar refractivity (Wildman–Crippen MR) is 32.8 cm³/mol. The molecule has 0 bridgehead atoms. The first-order valence-electron chi connectivity index (χ1n) is 2.23. The molecule has 0 amide bonds. The maximum absolute atomic E-state index is 3.49. The number of hydrogen-bond donors (Lipinski definition) is 0. The van der Waals surface area contributed by atoms with Crippen molar-refractivity contribution in [3.63, 3.8) is 0 Å². The first-order chi connectivity index (χ1) is 3.41. The average molecular weight is 93.1 g/mol. The summed E-state index contributed by atoms with van der Waals surface area (Å²) in [6.45, 7) is 5.42. The summed E-state index contributed by atoms with van der Waals surface area (Å²) in [5.41, 5.74) is 0. The van der Waals surface area contributed by atoms with Crippen molar-refractivity contribution in [1.82, 2.24) is 0 Å². The Morgan fingerprint density at radius 1 is 1.57 bits per heavy atom. The quantitative estimate of drug-likeness (QED) is 0.459. The van der Waals surface area contributed by atoms with E-state index in [4.69, 9.17) is 0 Å². The number of allylic oxidation sites excluding steroid dienone is 5. The van der Waals surface area contributed by atoms with Crippen LogP contribution in [-0.4, -0.2) is 0 Å². The molecule has 0 nitrogen and oxygen atoms in total. The minimum atomic E-state index is 1.72. The van der Waals surface area contributed by atoms with Gasteiger partial charge in [0.15, 0.2) is 0 Å². The largest absolute Gasteiger partial charge is 0.0991 e. The van der Waals surface area contributed by atoms with Gasteiger partial charge in [-0.1, -0.05) is 30.9 Å². The van der Waals surface area contributed by atoms with Crippen molar-refractivity contribution < 1.29 is 0 Å². The Labute approximate surface area is 44.9 Å². The molecule has 0 aliphatic heterocycles. The second-order valence-electron chi connectivity index (χ2n) is 1.05. The lowest BCUT2D eigenvalue weighted by Crippen LogP contribution is -1.44. The zero-order chi connectivity index (χ0) is 5.54. The highest BCUT2D eigenvalue weighted by Gasteiger charge is 1.53. The molecule has 0 aromatic carbocycles. The summed E-state index contributed by atoms with van der Waals surface area (Å²) in [7, 11) is 0. The zero-order valence-corrected chi connectivity index (χ0v) is 4.52. The monoisotopic (exact) mass is 93.1 g/mol. The molecule has 0 saturated carbocycles. The van der Waals surface area contributed by atoms with Gasteiger partial charge in [0.2, 0.25) is 0 Å². The van der Waals surface area contributed by atoms with Gasteiger partial charge in [0, 0.05) is 0 Å². The lowest BCUT2D eigenvalue weighted by atomic mass is 10.4. The summed E-state index contributed by atoms with van der Waals surface area (Å²) in [6, 6.07) is 0. The first-order valence-corrected chi connectivity index (χ1v) is 2.23. The molecule has 0 fully saturated rings. The third-order valence-corrected chi connectivity index (χ3v) is 0.495. The van der Waals surface area contributed by atoms with Crippen molar-refractivity contribution in [3.8, 4) is 0 Å². The van der Waals surface area contributed by atoms with Crippen molar-refractivity contribution >= 4 is 0 Å². The Hall–Kier alpha value is -0.780. The van der Waals surface area contributed by atoms with Crippen molar-refractivity contribution in [2.75, 3.05) is 0 Å². The summed E-state index contributed by atoms with van der Waals surface area (Å²) in [5, 5.41) is 0. The van der Waals surface area contributed by atoms with Crippen molar-refractivity contribution in [2.24, 2.45) is 0 Å². The van der Waals surface area contributed by atoms with E-state index in [1.54, 1.807) is 6.08 Å². The fraction of sp³-hybridized carbons (Fsp3) is 0.143. The molecule has 0 N–H and O–H groups in total. The van der Waals surface area contributed by atoms with Gasteiger partial charge in [-0.05, 0) is 13.0 Å². The van der Waals surface area contributed by atoms with E-state index in [0.29, 0.717) is 0 Å². The minimum absolute atomic E-state index is 1.72. The van der Waals surface area contributed by atoms with Gasteiger partial charge < -0.3 is 0 Å². The summed E-state index contributed by atoms with van der Waals surface area (Å²) >= 11 is 0. The van der Waals surface area contributed by atoms with E-state index in [1.165, 1.54) is 0 Å². The van der Waals surface area contributed by atoms with Gasteiger partial charge >= 0.3 is 0 Å². The van der Waals surface area contributed by atoms with Crippen LogP contribution in [0.25, 0.3) is 0 Å². The molecule has 0 spiro atoms. The Morgan fingerprint density at radius 3 is 2.71 bits per heavy atom. The molecule has 0 aliphatic carbocycles. The van der Waals surface area contributed by atoms with Crippen LogP contribution in [0, 0.1) is 6.08 Å². The van der Waals surface area contributed by atoms with Crippen molar-refractivity contribution in [3.05, 3.63) is 37.0 Å². The molecule has 0 aromatic rings. The molecule has 37 valence electrons. The molecule has 0 heteroatoms. The van der Waals surface area contributed by atoms with E-state index in [0.717, 1.165) is 0 Å². The minimum Gasteiger partial charge on any atom is -0.0991 e. The Kier molecular flexibility index (Phi) is 4.64. The van der Waals surface area contributed by atoms with Crippen molar-refractivity contribution in [1.29, 1.82) is 0 Å². The van der Waals surface area contributed by atoms with Gasteiger partial charge in [-0.25, -0.2) is 0 Å². The van der Waals surface area contributed by atoms with Crippen LogP contribution in [0.5, 0.6) is 0 Å². The fourth-order valence-corrected chi connectivity index (χ4v) is 0.220. The van der Waals surface area contributed by atoms with Crippen LogP contribution < -0.4 is 0 Å². The van der Waals surface area contributed by atoms with E-state index in [9.17, 15) is 0 Å². The summed E-state index contributed by atoms with van der Waals surface area (Å²) in [6.07, 6.45) is 10.1. The van der Waals surface area contributed by atoms with Gasteiger partial charge in [-0.3, -0.25) is 0 Å². The highest BCUT2D eigenvalue weighted by atomic mass is 13.6. The lowest BCUT2D eigenvalue weighted by molar-refractivity contribution is 1.69. The maximum atomic E-state index is 3.49. The van der Waals surface area contributed by atoms with E-state index < -0.39 is 0 Å². The van der Waals surface area contributed by atoms with E-state index in [2.05, 4.69) is 12.7 Å². The molecule has 0 rings (SSSR count). The Bertz CT molecular complexity index is 86.2. The van der Waals surface area contributed by atoms with Crippen LogP contribution in [0.3, 0.4) is 0 Å². The first kappa shape index (κ1) is 6.22. The summed E-state index contributed by atoms with van der Waals surface area (Å²) < 4.78 is 0. The highest BCUT2D eigenvalue weighted by molar-refractivity contribution is 5.03. The maximum Gasteiger partial charge on any atom is -0.0230 e. The van der Waals surface area contributed by atoms with Crippen molar-refractivity contribution in [2.45, 2.75) is 6.92 Å². The number of rotatable bonds is 2. The van der Waals surface area contributed by atoms with Gasteiger partial charge in [0.1, 0.15) is 0 Å². The molecular formula is C7H9. The van der Waals surface area contributed by atoms with Gasteiger partial charge in [0.25, 0.3) is 0 Å². The smallest absolute Gasteiger partial charge is 0.0230 e. The molecule has 7 heavy (non-hydrogen) atoms. The predicted octanol–water partition coefficient (Wildman–Crippen LogP) is 2.11. The number of hydrogen-bond acceptors (Lipinski definition) is 0. The van der Waals surface area contributed by atoms with Crippen LogP contribution in [0.15, 0.2) is 30.9 Å². The molecular weight excluding hydrogens is 84.1 g/mol. The topological polar surface area (TPSA) is 0 Å². The fourth-order valence-electron chi connectivity index (χ4n) is 0.220. The third kappa shape index (κ3) is 5.22. The van der Waals surface area contributed by atoms with E-state index in [1.807, 2.05) is 25.2 Å². The van der Waals surface area contributed by atoms with Gasteiger partial charge in [0.05, 0.1) is 0 Å². The zero-order valence-electron chi connectivity index (χ0n) is 4.52. The van der Waals surface area contributed by atoms with Crippen LogP contribution in [0.2, 0.25) is 0 Å². The average Bonchev–Trinajstić information content (AvgIpc) is 1.69. The molecule has 0 aliphatic rings.